The van der Waals surface area contributed by atoms with Crippen molar-refractivity contribution in [3.8, 4) is 0 Å². The average molecular weight is 295 g/mol. The Morgan fingerprint density at radius 1 is 1.30 bits per heavy atom. The maximum Gasteiger partial charge on any atom is 0.250 e. The maximum absolute atomic E-state index is 13.6. The van der Waals surface area contributed by atoms with Crippen molar-refractivity contribution in [2.75, 3.05) is 5.32 Å². The SMILES string of the molecule is CCCn1cc(NCc2ccc(Cl)cc2F)ccc1=O. The van der Waals surface area contributed by atoms with E-state index in [0.29, 0.717) is 23.7 Å². The normalized spacial score (nSPS) is 10.6. The Morgan fingerprint density at radius 2 is 2.10 bits per heavy atom. The monoisotopic (exact) mass is 294 g/mol. The molecule has 2 rings (SSSR count). The molecule has 0 fully saturated rings. The van der Waals surface area contributed by atoms with Gasteiger partial charge in [0.2, 0.25) is 0 Å². The zero-order chi connectivity index (χ0) is 14.5. The van der Waals surface area contributed by atoms with Gasteiger partial charge in [0.05, 0.1) is 5.69 Å². The van der Waals surface area contributed by atoms with E-state index in [2.05, 4.69) is 5.32 Å². The number of nitrogens with zero attached hydrogens (tertiary/aromatic N) is 1. The van der Waals surface area contributed by atoms with E-state index < -0.39 is 0 Å². The van der Waals surface area contributed by atoms with Crippen molar-refractivity contribution in [2.45, 2.75) is 26.4 Å². The van der Waals surface area contributed by atoms with Gasteiger partial charge in [-0.1, -0.05) is 24.6 Å². The topological polar surface area (TPSA) is 34.0 Å². The van der Waals surface area contributed by atoms with Crippen LogP contribution in [-0.4, -0.2) is 4.57 Å². The Balaban J connectivity index is 2.10. The van der Waals surface area contributed by atoms with Crippen molar-refractivity contribution in [1.82, 2.24) is 4.57 Å². The molecule has 0 aliphatic rings. The van der Waals surface area contributed by atoms with Crippen LogP contribution in [-0.2, 0) is 13.1 Å². The molecule has 0 amide bonds. The molecule has 5 heteroatoms. The van der Waals surface area contributed by atoms with Gasteiger partial charge < -0.3 is 9.88 Å². The van der Waals surface area contributed by atoms with Crippen LogP contribution in [0.2, 0.25) is 5.02 Å². The quantitative estimate of drug-likeness (QED) is 0.913. The zero-order valence-electron chi connectivity index (χ0n) is 11.2. The van der Waals surface area contributed by atoms with E-state index in [4.69, 9.17) is 11.6 Å². The van der Waals surface area contributed by atoms with Crippen LogP contribution in [0.25, 0.3) is 0 Å². The van der Waals surface area contributed by atoms with E-state index in [9.17, 15) is 9.18 Å². The van der Waals surface area contributed by atoms with Gasteiger partial charge in [-0.2, -0.15) is 0 Å². The molecule has 1 heterocycles. The largest absolute Gasteiger partial charge is 0.380 e. The molecule has 1 aromatic carbocycles. The predicted molar refractivity (Wildman–Crippen MR) is 79.7 cm³/mol. The first-order chi connectivity index (χ1) is 9.60. The highest BCUT2D eigenvalue weighted by atomic mass is 35.5. The number of aromatic nitrogens is 1. The molecule has 1 N–H and O–H groups in total. The third-order valence-corrected chi connectivity index (χ3v) is 3.18. The molecular weight excluding hydrogens is 279 g/mol. The number of hydrogen-bond acceptors (Lipinski definition) is 2. The lowest BCUT2D eigenvalue weighted by Gasteiger charge is -2.10. The molecule has 0 aliphatic heterocycles. The van der Waals surface area contributed by atoms with Crippen molar-refractivity contribution in [3.63, 3.8) is 0 Å². The Morgan fingerprint density at radius 3 is 2.80 bits per heavy atom. The van der Waals surface area contributed by atoms with Gasteiger partial charge in [-0.15, -0.1) is 0 Å². The first kappa shape index (κ1) is 14.6. The Hall–Kier alpha value is -1.81. The highest BCUT2D eigenvalue weighted by Gasteiger charge is 2.03. The van der Waals surface area contributed by atoms with Crippen molar-refractivity contribution in [1.29, 1.82) is 0 Å². The van der Waals surface area contributed by atoms with E-state index in [1.54, 1.807) is 29.0 Å². The standard InChI is InChI=1S/C15H16ClFN2O/c1-2-7-19-10-13(5-6-15(19)20)18-9-11-3-4-12(16)8-14(11)17/h3-6,8,10,18H,2,7,9H2,1H3. The minimum atomic E-state index is -0.341. The zero-order valence-corrected chi connectivity index (χ0v) is 12.0. The molecule has 20 heavy (non-hydrogen) atoms. The van der Waals surface area contributed by atoms with Crippen LogP contribution < -0.4 is 10.9 Å². The lowest BCUT2D eigenvalue weighted by molar-refractivity contribution is 0.613. The number of aryl methyl sites for hydroxylation is 1. The van der Waals surface area contributed by atoms with Crippen molar-refractivity contribution in [2.24, 2.45) is 0 Å². The number of halogens is 2. The van der Waals surface area contributed by atoms with E-state index in [0.717, 1.165) is 12.1 Å². The fourth-order valence-electron chi connectivity index (χ4n) is 1.91. The first-order valence-corrected chi connectivity index (χ1v) is 6.86. The summed E-state index contributed by atoms with van der Waals surface area (Å²) in [6.45, 7) is 3.02. The second kappa shape index (κ2) is 6.57. The molecule has 1 aromatic heterocycles. The summed E-state index contributed by atoms with van der Waals surface area (Å²) in [5, 5.41) is 3.48. The van der Waals surface area contributed by atoms with Crippen molar-refractivity contribution >= 4 is 17.3 Å². The summed E-state index contributed by atoms with van der Waals surface area (Å²) >= 11 is 5.71. The van der Waals surface area contributed by atoms with Crippen molar-refractivity contribution < 1.29 is 4.39 Å². The number of hydrogen-bond donors (Lipinski definition) is 1. The number of benzene rings is 1. The summed E-state index contributed by atoms with van der Waals surface area (Å²) in [7, 11) is 0. The van der Waals surface area contributed by atoms with Gasteiger partial charge >= 0.3 is 0 Å². The van der Waals surface area contributed by atoms with Crippen LogP contribution in [0.1, 0.15) is 18.9 Å². The number of nitrogens with one attached hydrogen (secondary N) is 1. The molecule has 2 aromatic rings. The predicted octanol–water partition coefficient (Wildman–Crippen LogP) is 3.66. The summed E-state index contributed by atoms with van der Waals surface area (Å²) in [6.07, 6.45) is 2.63. The van der Waals surface area contributed by atoms with E-state index in [1.807, 2.05) is 6.92 Å². The first-order valence-electron chi connectivity index (χ1n) is 6.48. The van der Waals surface area contributed by atoms with Gasteiger partial charge in [0, 0.05) is 35.9 Å². The number of rotatable bonds is 5. The smallest absolute Gasteiger partial charge is 0.250 e. The summed E-state index contributed by atoms with van der Waals surface area (Å²) < 4.78 is 15.3. The molecule has 3 nitrogen and oxygen atoms in total. The number of anilines is 1. The summed E-state index contributed by atoms with van der Waals surface area (Å²) in [5.41, 5.74) is 1.28. The van der Waals surface area contributed by atoms with Crippen LogP contribution in [0.4, 0.5) is 10.1 Å². The Labute approximate surface area is 122 Å². The molecule has 0 unspecified atom stereocenters. The molecule has 0 spiro atoms. The number of pyridine rings is 1. The van der Waals surface area contributed by atoms with Gasteiger partial charge in [-0.25, -0.2) is 4.39 Å². The van der Waals surface area contributed by atoms with Gasteiger partial charge in [0.25, 0.3) is 5.56 Å². The third kappa shape index (κ3) is 3.61. The van der Waals surface area contributed by atoms with Gasteiger partial charge in [-0.05, 0) is 24.6 Å². The lowest BCUT2D eigenvalue weighted by Crippen LogP contribution is -2.18. The molecule has 106 valence electrons. The minimum absolute atomic E-state index is 0.0323. The Bertz CT molecular complexity index is 655. The fraction of sp³-hybridized carbons (Fsp3) is 0.267. The van der Waals surface area contributed by atoms with Crippen LogP contribution in [0.3, 0.4) is 0 Å². The van der Waals surface area contributed by atoms with E-state index in [1.165, 1.54) is 12.1 Å². The molecule has 0 aliphatic carbocycles. The molecule has 0 saturated carbocycles. The second-order valence-electron chi connectivity index (χ2n) is 4.54. The molecule has 0 radical (unpaired) electrons. The van der Waals surface area contributed by atoms with Crippen LogP contribution >= 0.6 is 11.6 Å². The van der Waals surface area contributed by atoms with E-state index >= 15 is 0 Å². The van der Waals surface area contributed by atoms with Gasteiger partial charge in [-0.3, -0.25) is 4.79 Å². The van der Waals surface area contributed by atoms with Crippen LogP contribution in [0.5, 0.6) is 0 Å². The summed E-state index contributed by atoms with van der Waals surface area (Å²) in [4.78, 5) is 11.6. The van der Waals surface area contributed by atoms with Crippen molar-refractivity contribution in [3.05, 3.63) is 63.3 Å². The van der Waals surface area contributed by atoms with Gasteiger partial charge in [0.1, 0.15) is 5.82 Å². The Kier molecular flexibility index (Phi) is 4.79. The van der Waals surface area contributed by atoms with Crippen LogP contribution in [0.15, 0.2) is 41.3 Å². The summed E-state index contributed by atoms with van der Waals surface area (Å²) in [5.74, 6) is -0.341. The summed E-state index contributed by atoms with van der Waals surface area (Å²) in [6, 6.07) is 7.79. The lowest BCUT2D eigenvalue weighted by atomic mass is 10.2. The highest BCUT2D eigenvalue weighted by Crippen LogP contribution is 2.16. The van der Waals surface area contributed by atoms with E-state index in [-0.39, 0.29) is 11.4 Å². The molecule has 0 saturated heterocycles. The van der Waals surface area contributed by atoms with Gasteiger partial charge in [0.15, 0.2) is 0 Å². The molecule has 0 atom stereocenters. The molecule has 0 bridgehead atoms. The maximum atomic E-state index is 13.6. The molecular formula is C15H16ClFN2O. The second-order valence-corrected chi connectivity index (χ2v) is 4.98. The highest BCUT2D eigenvalue weighted by molar-refractivity contribution is 6.30. The minimum Gasteiger partial charge on any atom is -0.380 e. The average Bonchev–Trinajstić information content (AvgIpc) is 2.41. The third-order valence-electron chi connectivity index (χ3n) is 2.95. The fourth-order valence-corrected chi connectivity index (χ4v) is 2.07. The van der Waals surface area contributed by atoms with Crippen LogP contribution in [0, 0.1) is 5.82 Å².